The Morgan fingerprint density at radius 1 is 1.19 bits per heavy atom. The minimum Gasteiger partial charge on any atom is -0.393 e. The van der Waals surface area contributed by atoms with Crippen LogP contribution in [0.15, 0.2) is 0 Å². The molecule has 94 valence electrons. The van der Waals surface area contributed by atoms with Crippen molar-refractivity contribution in [2.24, 2.45) is 11.8 Å². The second-order valence-electron chi connectivity index (χ2n) is 4.34. The lowest BCUT2D eigenvalue weighted by molar-refractivity contribution is -0.0486. The van der Waals surface area contributed by atoms with Gasteiger partial charge < -0.3 is 5.11 Å². The van der Waals surface area contributed by atoms with Crippen molar-refractivity contribution in [2.45, 2.75) is 24.5 Å². The van der Waals surface area contributed by atoms with Crippen molar-refractivity contribution in [1.82, 2.24) is 4.31 Å². The maximum absolute atomic E-state index is 12.3. The molecule has 8 heteroatoms. The molecule has 3 unspecified atom stereocenters. The van der Waals surface area contributed by atoms with Crippen LogP contribution in [0.5, 0.6) is 0 Å². The summed E-state index contributed by atoms with van der Waals surface area (Å²) in [4.78, 5) is 0. The van der Waals surface area contributed by atoms with Gasteiger partial charge in [0.15, 0.2) is 0 Å². The summed E-state index contributed by atoms with van der Waals surface area (Å²) in [6.07, 6.45) is 0.476. The molecule has 2 rings (SSSR count). The maximum atomic E-state index is 12.3. The molecule has 16 heavy (non-hydrogen) atoms. The van der Waals surface area contributed by atoms with Crippen molar-refractivity contribution in [3.63, 3.8) is 0 Å². The first-order chi connectivity index (χ1) is 7.23. The first-order valence-electron chi connectivity index (χ1n) is 4.98. The Hall–Kier alpha value is -0.340. The van der Waals surface area contributed by atoms with Gasteiger partial charge >= 0.3 is 15.5 Å². The van der Waals surface area contributed by atoms with E-state index in [9.17, 15) is 26.7 Å². The Kier molecular flexibility index (Phi) is 2.71. The van der Waals surface area contributed by atoms with Gasteiger partial charge in [0.2, 0.25) is 0 Å². The third-order valence-corrected chi connectivity index (χ3v) is 4.98. The fraction of sp³-hybridized carbons (Fsp3) is 1.00. The highest BCUT2D eigenvalue weighted by molar-refractivity contribution is 7.90. The minimum absolute atomic E-state index is 0.121. The summed E-state index contributed by atoms with van der Waals surface area (Å²) in [5.41, 5.74) is -5.24. The minimum atomic E-state index is -5.24. The summed E-state index contributed by atoms with van der Waals surface area (Å²) in [7, 11) is -5.22. The number of sulfonamides is 1. The number of hydrogen-bond donors (Lipinski definition) is 1. The van der Waals surface area contributed by atoms with Crippen LogP contribution in [0.2, 0.25) is 0 Å². The zero-order valence-electron chi connectivity index (χ0n) is 8.31. The van der Waals surface area contributed by atoms with Gasteiger partial charge in [-0.3, -0.25) is 0 Å². The summed E-state index contributed by atoms with van der Waals surface area (Å²) in [6.45, 7) is -0.336. The van der Waals surface area contributed by atoms with Crippen molar-refractivity contribution in [2.75, 3.05) is 13.1 Å². The van der Waals surface area contributed by atoms with E-state index in [-0.39, 0.29) is 24.9 Å². The molecule has 0 bridgehead atoms. The molecule has 3 atom stereocenters. The van der Waals surface area contributed by atoms with Gasteiger partial charge in [-0.25, -0.2) is 8.42 Å². The molecule has 2 fully saturated rings. The summed E-state index contributed by atoms with van der Waals surface area (Å²) in [6, 6.07) is 0. The molecule has 1 N–H and O–H groups in total. The monoisotopic (exact) mass is 259 g/mol. The van der Waals surface area contributed by atoms with Gasteiger partial charge in [0.05, 0.1) is 6.10 Å². The van der Waals surface area contributed by atoms with Gasteiger partial charge in [0, 0.05) is 19.0 Å². The van der Waals surface area contributed by atoms with Gasteiger partial charge in [-0.15, -0.1) is 0 Å². The molecule has 1 heterocycles. The van der Waals surface area contributed by atoms with E-state index in [0.717, 1.165) is 0 Å². The predicted molar refractivity (Wildman–Crippen MR) is 48.8 cm³/mol. The first-order valence-corrected chi connectivity index (χ1v) is 6.42. The lowest BCUT2D eigenvalue weighted by Gasteiger charge is -2.19. The number of halogens is 3. The molecule has 0 aromatic carbocycles. The standard InChI is InChI=1S/C8H12F3NO3S/c9-8(10,11)16(14,15)12-3-5-1-2-7(13)6(5)4-12/h5-7,13H,1-4H2. The highest BCUT2D eigenvalue weighted by atomic mass is 32.2. The molecular formula is C8H12F3NO3S. The Morgan fingerprint density at radius 3 is 2.31 bits per heavy atom. The molecule has 0 aromatic rings. The number of alkyl halides is 3. The van der Waals surface area contributed by atoms with Crippen molar-refractivity contribution >= 4 is 10.0 Å². The van der Waals surface area contributed by atoms with E-state index < -0.39 is 21.6 Å². The number of hydrogen-bond acceptors (Lipinski definition) is 3. The van der Waals surface area contributed by atoms with Gasteiger partial charge in [-0.05, 0) is 18.8 Å². The van der Waals surface area contributed by atoms with E-state index in [1.165, 1.54) is 0 Å². The number of aliphatic hydroxyl groups excluding tert-OH is 1. The van der Waals surface area contributed by atoms with Gasteiger partial charge in [0.1, 0.15) is 0 Å². The smallest absolute Gasteiger partial charge is 0.393 e. The number of nitrogens with zero attached hydrogens (tertiary/aromatic N) is 1. The van der Waals surface area contributed by atoms with Crippen LogP contribution in [0.4, 0.5) is 13.2 Å². The summed E-state index contributed by atoms with van der Waals surface area (Å²) in [5, 5.41) is 9.48. The second kappa shape index (κ2) is 3.58. The Balaban J connectivity index is 2.16. The second-order valence-corrected chi connectivity index (χ2v) is 6.27. The molecule has 2 aliphatic rings. The zero-order valence-corrected chi connectivity index (χ0v) is 9.13. The van der Waals surface area contributed by atoms with E-state index in [0.29, 0.717) is 17.1 Å². The van der Waals surface area contributed by atoms with Crippen LogP contribution in [0, 0.1) is 11.8 Å². The molecule has 0 aromatic heterocycles. The molecule has 0 spiro atoms. The lowest BCUT2D eigenvalue weighted by atomic mass is 10.00. The maximum Gasteiger partial charge on any atom is 0.511 e. The number of fused-ring (bicyclic) bond motifs is 1. The van der Waals surface area contributed by atoms with Crippen LogP contribution >= 0.6 is 0 Å². The average Bonchev–Trinajstić information content (AvgIpc) is 2.67. The Bertz CT molecular complexity index is 380. The average molecular weight is 259 g/mol. The molecule has 1 saturated carbocycles. The SMILES string of the molecule is O=S(=O)(N1CC2CCC(O)C2C1)C(F)(F)F. The van der Waals surface area contributed by atoms with Crippen LogP contribution in [0.25, 0.3) is 0 Å². The van der Waals surface area contributed by atoms with E-state index >= 15 is 0 Å². The molecule has 0 amide bonds. The van der Waals surface area contributed by atoms with Crippen molar-refractivity contribution in [3.05, 3.63) is 0 Å². The fourth-order valence-electron chi connectivity index (χ4n) is 2.54. The highest BCUT2D eigenvalue weighted by Crippen LogP contribution is 2.41. The third kappa shape index (κ3) is 1.72. The Labute approximate surface area is 91.1 Å². The van der Waals surface area contributed by atoms with Gasteiger partial charge in [-0.1, -0.05) is 0 Å². The molecular weight excluding hydrogens is 247 g/mol. The molecule has 1 saturated heterocycles. The van der Waals surface area contributed by atoms with Crippen LogP contribution in [0.3, 0.4) is 0 Å². The molecule has 1 aliphatic carbocycles. The van der Waals surface area contributed by atoms with Crippen molar-refractivity contribution in [3.8, 4) is 0 Å². The normalized spacial score (nSPS) is 36.6. The Morgan fingerprint density at radius 2 is 1.81 bits per heavy atom. The van der Waals surface area contributed by atoms with Gasteiger partial charge in [-0.2, -0.15) is 17.5 Å². The topological polar surface area (TPSA) is 57.6 Å². The highest BCUT2D eigenvalue weighted by Gasteiger charge is 2.55. The quantitative estimate of drug-likeness (QED) is 0.747. The first kappa shape index (κ1) is 12.1. The van der Waals surface area contributed by atoms with Crippen molar-refractivity contribution < 1.29 is 26.7 Å². The van der Waals surface area contributed by atoms with Crippen molar-refractivity contribution in [1.29, 1.82) is 0 Å². The number of aliphatic hydroxyl groups is 1. The number of rotatable bonds is 1. The lowest BCUT2D eigenvalue weighted by Crippen LogP contribution is -2.40. The van der Waals surface area contributed by atoms with Crippen LogP contribution in [-0.2, 0) is 10.0 Å². The van der Waals surface area contributed by atoms with E-state index in [1.54, 1.807) is 0 Å². The fourth-order valence-corrected chi connectivity index (χ4v) is 3.59. The zero-order chi connectivity index (χ0) is 12.1. The molecule has 0 radical (unpaired) electrons. The largest absolute Gasteiger partial charge is 0.511 e. The van der Waals surface area contributed by atoms with E-state index in [1.807, 2.05) is 0 Å². The third-order valence-electron chi connectivity index (χ3n) is 3.42. The van der Waals surface area contributed by atoms with Crippen LogP contribution in [-0.4, -0.2) is 42.5 Å². The molecule has 4 nitrogen and oxygen atoms in total. The summed E-state index contributed by atoms with van der Waals surface area (Å²) in [5.74, 6) is -0.468. The van der Waals surface area contributed by atoms with E-state index in [2.05, 4.69) is 0 Å². The summed E-state index contributed by atoms with van der Waals surface area (Å²) >= 11 is 0. The summed E-state index contributed by atoms with van der Waals surface area (Å²) < 4.78 is 59.5. The predicted octanol–water partition coefficient (Wildman–Crippen LogP) is 0.539. The van der Waals surface area contributed by atoms with Gasteiger partial charge in [0.25, 0.3) is 0 Å². The van der Waals surface area contributed by atoms with E-state index in [4.69, 9.17) is 0 Å². The van der Waals surface area contributed by atoms with Crippen LogP contribution < -0.4 is 0 Å². The molecule has 1 aliphatic heterocycles. The van der Waals surface area contributed by atoms with Crippen LogP contribution in [0.1, 0.15) is 12.8 Å².